The highest BCUT2D eigenvalue weighted by atomic mass is 16.6. The smallest absolute Gasteiger partial charge is 0.334 e. The van der Waals surface area contributed by atoms with Crippen LogP contribution in [0, 0.1) is 17.3 Å². The molecule has 5 nitrogen and oxygen atoms in total. The SMILES string of the molecule is CCC[C@@H](C)[C@H](O)[C@@H](C)C(=O)C(C)(C)/C(=C/C(=O)OC(C)(C)C)OC. The van der Waals surface area contributed by atoms with E-state index < -0.39 is 29.0 Å². The molecule has 0 heterocycles. The van der Waals surface area contributed by atoms with Gasteiger partial charge < -0.3 is 14.6 Å². The summed E-state index contributed by atoms with van der Waals surface area (Å²) in [6.45, 7) is 14.4. The summed E-state index contributed by atoms with van der Waals surface area (Å²) in [6.07, 6.45) is 2.29. The Morgan fingerprint density at radius 1 is 1.12 bits per heavy atom. The lowest BCUT2D eigenvalue weighted by Gasteiger charge is -2.32. The quantitative estimate of drug-likeness (QED) is 0.385. The summed E-state index contributed by atoms with van der Waals surface area (Å²) in [5.41, 5.74) is -1.67. The van der Waals surface area contributed by atoms with Gasteiger partial charge in [-0.2, -0.15) is 0 Å². The first kappa shape index (κ1) is 23.6. The third-order valence-corrected chi connectivity index (χ3v) is 4.36. The van der Waals surface area contributed by atoms with Crippen molar-refractivity contribution in [3.05, 3.63) is 11.8 Å². The Labute approximate surface area is 152 Å². The second-order valence-corrected chi connectivity index (χ2v) is 8.28. The summed E-state index contributed by atoms with van der Waals surface area (Å²) < 4.78 is 10.6. The summed E-state index contributed by atoms with van der Waals surface area (Å²) in [7, 11) is 1.42. The number of methoxy groups -OCH3 is 1. The molecule has 25 heavy (non-hydrogen) atoms. The second kappa shape index (κ2) is 9.37. The molecule has 0 bridgehead atoms. The van der Waals surface area contributed by atoms with E-state index in [9.17, 15) is 14.7 Å². The van der Waals surface area contributed by atoms with E-state index in [1.165, 1.54) is 13.2 Å². The van der Waals surface area contributed by atoms with Gasteiger partial charge in [0.25, 0.3) is 0 Å². The number of allylic oxidation sites excluding steroid dienone is 1. The molecule has 0 aliphatic carbocycles. The third-order valence-electron chi connectivity index (χ3n) is 4.36. The summed E-state index contributed by atoms with van der Waals surface area (Å²) in [6, 6.07) is 0. The van der Waals surface area contributed by atoms with Gasteiger partial charge in [0, 0.05) is 5.92 Å². The normalized spacial score (nSPS) is 16.8. The van der Waals surface area contributed by atoms with Crippen molar-refractivity contribution >= 4 is 11.8 Å². The highest BCUT2D eigenvalue weighted by molar-refractivity contribution is 5.91. The van der Waals surface area contributed by atoms with E-state index in [2.05, 4.69) is 0 Å². The van der Waals surface area contributed by atoms with E-state index in [1.807, 2.05) is 13.8 Å². The van der Waals surface area contributed by atoms with Gasteiger partial charge >= 0.3 is 5.97 Å². The van der Waals surface area contributed by atoms with Crippen LogP contribution in [0.5, 0.6) is 0 Å². The van der Waals surface area contributed by atoms with Gasteiger partial charge in [-0.15, -0.1) is 0 Å². The zero-order valence-electron chi connectivity index (χ0n) is 17.3. The van der Waals surface area contributed by atoms with Crippen LogP contribution in [0.25, 0.3) is 0 Å². The lowest BCUT2D eigenvalue weighted by molar-refractivity contribution is -0.148. The number of rotatable bonds is 9. The highest BCUT2D eigenvalue weighted by Gasteiger charge is 2.40. The van der Waals surface area contributed by atoms with Gasteiger partial charge in [-0.1, -0.05) is 27.2 Å². The lowest BCUT2D eigenvalue weighted by Crippen LogP contribution is -2.40. The first-order valence-electron chi connectivity index (χ1n) is 8.99. The number of Topliss-reactive ketones (excluding diaryl/α,β-unsaturated/α-hetero) is 1. The number of carbonyl (C=O) groups excluding carboxylic acids is 2. The van der Waals surface area contributed by atoms with Crippen molar-refractivity contribution in [2.75, 3.05) is 7.11 Å². The molecule has 3 atom stereocenters. The average molecular weight is 357 g/mol. The fourth-order valence-electron chi connectivity index (χ4n) is 2.90. The van der Waals surface area contributed by atoms with Crippen LogP contribution in [0.15, 0.2) is 11.8 Å². The zero-order chi connectivity index (χ0) is 20.0. The van der Waals surface area contributed by atoms with Gasteiger partial charge in [0.1, 0.15) is 11.4 Å². The predicted molar refractivity (Wildman–Crippen MR) is 99.0 cm³/mol. The number of esters is 1. The minimum atomic E-state index is -1.04. The Hall–Kier alpha value is -1.36. The highest BCUT2D eigenvalue weighted by Crippen LogP contribution is 2.33. The molecule has 146 valence electrons. The van der Waals surface area contributed by atoms with Crippen LogP contribution in [0.1, 0.15) is 68.2 Å². The summed E-state index contributed by atoms with van der Waals surface area (Å²) in [5.74, 6) is -1.03. The summed E-state index contributed by atoms with van der Waals surface area (Å²) >= 11 is 0. The van der Waals surface area contributed by atoms with Crippen LogP contribution in [0.4, 0.5) is 0 Å². The molecule has 0 aromatic rings. The van der Waals surface area contributed by atoms with Gasteiger partial charge in [-0.05, 0) is 47.0 Å². The molecule has 0 fully saturated rings. The van der Waals surface area contributed by atoms with E-state index in [4.69, 9.17) is 9.47 Å². The van der Waals surface area contributed by atoms with Crippen molar-refractivity contribution in [2.45, 2.75) is 79.9 Å². The topological polar surface area (TPSA) is 72.8 Å². The first-order valence-corrected chi connectivity index (χ1v) is 8.99. The van der Waals surface area contributed by atoms with Crippen molar-refractivity contribution in [1.29, 1.82) is 0 Å². The molecule has 0 amide bonds. The van der Waals surface area contributed by atoms with E-state index in [0.29, 0.717) is 0 Å². The molecule has 0 aromatic carbocycles. The molecule has 0 radical (unpaired) electrons. The Balaban J connectivity index is 5.40. The van der Waals surface area contributed by atoms with Crippen LogP contribution < -0.4 is 0 Å². The monoisotopic (exact) mass is 356 g/mol. The van der Waals surface area contributed by atoms with Crippen molar-refractivity contribution in [3.63, 3.8) is 0 Å². The van der Waals surface area contributed by atoms with Crippen molar-refractivity contribution < 1.29 is 24.2 Å². The number of hydrogen-bond acceptors (Lipinski definition) is 5. The van der Waals surface area contributed by atoms with E-state index in [0.717, 1.165) is 12.8 Å². The predicted octanol–water partition coefficient (Wildman–Crippen LogP) is 3.89. The van der Waals surface area contributed by atoms with E-state index >= 15 is 0 Å². The van der Waals surface area contributed by atoms with Gasteiger partial charge in [0.15, 0.2) is 5.78 Å². The second-order valence-electron chi connectivity index (χ2n) is 8.28. The Morgan fingerprint density at radius 2 is 1.64 bits per heavy atom. The van der Waals surface area contributed by atoms with Crippen LogP contribution in [-0.4, -0.2) is 35.7 Å². The Morgan fingerprint density at radius 3 is 2.04 bits per heavy atom. The van der Waals surface area contributed by atoms with Gasteiger partial charge in [-0.3, -0.25) is 4.79 Å². The standard InChI is InChI=1S/C20H36O5/c1-10-11-13(2)17(22)14(3)18(23)20(7,8)15(24-9)12-16(21)25-19(4,5)6/h12-14,17,22H,10-11H2,1-9H3/b15-12-/t13-,14-,17+/m1/s1. The molecule has 0 aliphatic rings. The fraction of sp³-hybridized carbons (Fsp3) is 0.800. The molecule has 0 spiro atoms. The van der Waals surface area contributed by atoms with Crippen LogP contribution in [0.2, 0.25) is 0 Å². The fourth-order valence-corrected chi connectivity index (χ4v) is 2.90. The number of carbonyl (C=O) groups is 2. The maximum Gasteiger partial charge on any atom is 0.334 e. The maximum atomic E-state index is 12.9. The maximum absolute atomic E-state index is 12.9. The van der Waals surface area contributed by atoms with Crippen LogP contribution in [-0.2, 0) is 19.1 Å². The third kappa shape index (κ3) is 7.18. The molecular formula is C20H36O5. The van der Waals surface area contributed by atoms with E-state index in [1.54, 1.807) is 41.5 Å². The molecule has 0 rings (SSSR count). The largest absolute Gasteiger partial charge is 0.500 e. The van der Waals surface area contributed by atoms with Crippen molar-refractivity contribution in [2.24, 2.45) is 17.3 Å². The molecule has 5 heteroatoms. The molecule has 0 saturated carbocycles. The number of ether oxygens (including phenoxy) is 2. The molecule has 0 saturated heterocycles. The van der Waals surface area contributed by atoms with Gasteiger partial charge in [0.05, 0.1) is 24.7 Å². The van der Waals surface area contributed by atoms with Crippen LogP contribution in [0.3, 0.4) is 0 Å². The number of aliphatic hydroxyl groups is 1. The molecule has 1 N–H and O–H groups in total. The first-order chi connectivity index (χ1) is 11.3. The zero-order valence-corrected chi connectivity index (χ0v) is 17.3. The molecule has 0 unspecified atom stereocenters. The lowest BCUT2D eigenvalue weighted by atomic mass is 9.75. The Bertz CT molecular complexity index is 485. The average Bonchev–Trinajstić information content (AvgIpc) is 2.48. The molecule has 0 aromatic heterocycles. The number of ketones is 1. The molecule has 0 aliphatic heterocycles. The molecular weight excluding hydrogens is 320 g/mol. The van der Waals surface area contributed by atoms with Gasteiger partial charge in [-0.25, -0.2) is 4.79 Å². The van der Waals surface area contributed by atoms with E-state index in [-0.39, 0.29) is 17.5 Å². The summed E-state index contributed by atoms with van der Waals surface area (Å²) in [5, 5.41) is 10.5. The van der Waals surface area contributed by atoms with Crippen molar-refractivity contribution in [3.8, 4) is 0 Å². The van der Waals surface area contributed by atoms with Gasteiger partial charge in [0.2, 0.25) is 0 Å². The summed E-state index contributed by atoms with van der Waals surface area (Å²) in [4.78, 5) is 25.0. The Kier molecular flexibility index (Phi) is 8.86. The number of hydrogen-bond donors (Lipinski definition) is 1. The minimum absolute atomic E-state index is 0.0283. The minimum Gasteiger partial charge on any atom is -0.500 e. The van der Waals surface area contributed by atoms with Crippen molar-refractivity contribution in [1.82, 2.24) is 0 Å². The number of aliphatic hydroxyl groups excluding tert-OH is 1. The van der Waals surface area contributed by atoms with Crippen LogP contribution >= 0.6 is 0 Å².